The highest BCUT2D eigenvalue weighted by molar-refractivity contribution is 5.80. The number of benzene rings is 2. The standard InChI is InChI=1S/C23H29FN4O2/c1-2-25-23(26-13-18-8-9-21(29)19(24)12-18)28-15-20-22(16-28)30-11-10-27(20)14-17-6-4-3-5-7-17/h3-9,12,20,22,29H,2,10-11,13-16H2,1H3,(H,25,26). The summed E-state index contributed by atoms with van der Waals surface area (Å²) in [5.74, 6) is -0.151. The molecule has 2 unspecified atom stereocenters. The molecule has 0 saturated carbocycles. The predicted molar refractivity (Wildman–Crippen MR) is 115 cm³/mol. The number of morpholine rings is 1. The molecule has 2 atom stereocenters. The first-order valence-corrected chi connectivity index (χ1v) is 10.5. The van der Waals surface area contributed by atoms with Crippen molar-refractivity contribution < 1.29 is 14.2 Å². The second kappa shape index (κ2) is 9.45. The quantitative estimate of drug-likeness (QED) is 0.584. The zero-order chi connectivity index (χ0) is 20.9. The number of hydrogen-bond donors (Lipinski definition) is 2. The zero-order valence-electron chi connectivity index (χ0n) is 17.3. The van der Waals surface area contributed by atoms with Crippen molar-refractivity contribution in [2.75, 3.05) is 32.8 Å². The maximum absolute atomic E-state index is 13.6. The van der Waals surface area contributed by atoms with Crippen LogP contribution in [0.4, 0.5) is 4.39 Å². The molecule has 0 aliphatic carbocycles. The van der Waals surface area contributed by atoms with E-state index in [1.807, 2.05) is 13.0 Å². The lowest BCUT2D eigenvalue weighted by Crippen LogP contribution is -2.50. The number of aliphatic imine (C=N–C) groups is 1. The summed E-state index contributed by atoms with van der Waals surface area (Å²) in [4.78, 5) is 9.45. The van der Waals surface area contributed by atoms with Crippen LogP contribution in [0, 0.1) is 5.82 Å². The molecule has 2 aliphatic rings. The number of halogens is 1. The largest absolute Gasteiger partial charge is 0.505 e. The van der Waals surface area contributed by atoms with Gasteiger partial charge >= 0.3 is 0 Å². The van der Waals surface area contributed by atoms with Crippen LogP contribution in [-0.2, 0) is 17.8 Å². The maximum Gasteiger partial charge on any atom is 0.194 e. The summed E-state index contributed by atoms with van der Waals surface area (Å²) < 4.78 is 19.7. The molecule has 2 aromatic rings. The van der Waals surface area contributed by atoms with Gasteiger partial charge < -0.3 is 20.1 Å². The Kier molecular flexibility index (Phi) is 6.50. The van der Waals surface area contributed by atoms with Crippen molar-refractivity contribution in [2.24, 2.45) is 4.99 Å². The van der Waals surface area contributed by atoms with Gasteiger partial charge in [-0.15, -0.1) is 0 Å². The van der Waals surface area contributed by atoms with Crippen molar-refractivity contribution >= 4 is 5.96 Å². The third-order valence-electron chi connectivity index (χ3n) is 5.70. The van der Waals surface area contributed by atoms with Gasteiger partial charge in [0, 0.05) is 32.7 Å². The number of fused-ring (bicyclic) bond motifs is 1. The molecule has 7 heteroatoms. The van der Waals surface area contributed by atoms with Crippen molar-refractivity contribution in [3.05, 3.63) is 65.5 Å². The number of phenols is 1. The van der Waals surface area contributed by atoms with Gasteiger partial charge in [-0.05, 0) is 30.2 Å². The third kappa shape index (κ3) is 4.74. The summed E-state index contributed by atoms with van der Waals surface area (Å²) in [6.45, 7) is 7.34. The molecule has 2 aliphatic heterocycles. The van der Waals surface area contributed by atoms with Crippen LogP contribution in [0.1, 0.15) is 18.1 Å². The number of ether oxygens (including phenoxy) is 1. The Bertz CT molecular complexity index is 877. The second-order valence-corrected chi connectivity index (χ2v) is 7.79. The summed E-state index contributed by atoms with van der Waals surface area (Å²) in [6.07, 6.45) is 0.150. The van der Waals surface area contributed by atoms with Crippen LogP contribution in [0.2, 0.25) is 0 Å². The fourth-order valence-corrected chi connectivity index (χ4v) is 4.19. The summed E-state index contributed by atoms with van der Waals surface area (Å²) in [5.41, 5.74) is 2.03. The third-order valence-corrected chi connectivity index (χ3v) is 5.70. The highest BCUT2D eigenvalue weighted by atomic mass is 19.1. The minimum absolute atomic E-state index is 0.150. The van der Waals surface area contributed by atoms with E-state index in [1.165, 1.54) is 17.7 Å². The maximum atomic E-state index is 13.6. The van der Waals surface area contributed by atoms with Crippen molar-refractivity contribution in [1.82, 2.24) is 15.1 Å². The van der Waals surface area contributed by atoms with Crippen LogP contribution >= 0.6 is 0 Å². The fourth-order valence-electron chi connectivity index (χ4n) is 4.19. The number of likely N-dealkylation sites (tertiary alicyclic amines) is 1. The lowest BCUT2D eigenvalue weighted by atomic mass is 10.1. The predicted octanol–water partition coefficient (Wildman–Crippen LogP) is 2.58. The van der Waals surface area contributed by atoms with Gasteiger partial charge in [-0.2, -0.15) is 0 Å². The first-order chi connectivity index (χ1) is 14.6. The van der Waals surface area contributed by atoms with E-state index >= 15 is 0 Å². The van der Waals surface area contributed by atoms with Gasteiger partial charge in [-0.3, -0.25) is 4.90 Å². The molecule has 6 nitrogen and oxygen atoms in total. The Morgan fingerprint density at radius 1 is 1.20 bits per heavy atom. The molecule has 2 N–H and O–H groups in total. The molecule has 2 saturated heterocycles. The van der Waals surface area contributed by atoms with Crippen molar-refractivity contribution in [2.45, 2.75) is 32.2 Å². The Labute approximate surface area is 177 Å². The Morgan fingerprint density at radius 3 is 2.80 bits per heavy atom. The van der Waals surface area contributed by atoms with Crippen LogP contribution in [0.25, 0.3) is 0 Å². The van der Waals surface area contributed by atoms with Gasteiger partial charge in [0.2, 0.25) is 0 Å². The molecular weight excluding hydrogens is 383 g/mol. The zero-order valence-corrected chi connectivity index (χ0v) is 17.3. The molecule has 160 valence electrons. The van der Waals surface area contributed by atoms with Crippen LogP contribution in [-0.4, -0.2) is 65.8 Å². The average Bonchev–Trinajstić information content (AvgIpc) is 3.19. The average molecular weight is 413 g/mol. The fraction of sp³-hybridized carbons (Fsp3) is 0.435. The van der Waals surface area contributed by atoms with Gasteiger partial charge in [-0.25, -0.2) is 9.38 Å². The van der Waals surface area contributed by atoms with Gasteiger partial charge in [0.05, 0.1) is 25.3 Å². The number of aromatic hydroxyl groups is 1. The van der Waals surface area contributed by atoms with E-state index in [0.717, 1.165) is 50.9 Å². The number of guanidine groups is 1. The summed E-state index contributed by atoms with van der Waals surface area (Å²) in [5, 5.41) is 12.7. The molecule has 0 spiro atoms. The molecule has 2 aromatic carbocycles. The minimum atomic E-state index is -0.621. The Morgan fingerprint density at radius 2 is 2.03 bits per heavy atom. The normalized spacial score (nSPS) is 22.2. The number of phenolic OH excluding ortho intramolecular Hbond substituents is 1. The van der Waals surface area contributed by atoms with Gasteiger partial charge in [0.15, 0.2) is 17.5 Å². The first kappa shape index (κ1) is 20.6. The second-order valence-electron chi connectivity index (χ2n) is 7.79. The van der Waals surface area contributed by atoms with Crippen LogP contribution < -0.4 is 5.32 Å². The SMILES string of the molecule is CCNC(=NCc1ccc(O)c(F)c1)N1CC2OCCN(Cc3ccccc3)C2C1. The van der Waals surface area contributed by atoms with Crippen molar-refractivity contribution in [1.29, 1.82) is 0 Å². The van der Waals surface area contributed by atoms with Crippen molar-refractivity contribution in [3.8, 4) is 5.75 Å². The highest BCUT2D eigenvalue weighted by Gasteiger charge is 2.41. The van der Waals surface area contributed by atoms with E-state index < -0.39 is 5.82 Å². The lowest BCUT2D eigenvalue weighted by Gasteiger charge is -2.36. The van der Waals surface area contributed by atoms with Gasteiger partial charge in [0.1, 0.15) is 0 Å². The monoisotopic (exact) mass is 412 g/mol. The van der Waals surface area contributed by atoms with Crippen molar-refractivity contribution in [3.63, 3.8) is 0 Å². The van der Waals surface area contributed by atoms with Crippen LogP contribution in [0.15, 0.2) is 53.5 Å². The van der Waals surface area contributed by atoms with Crippen LogP contribution in [0.3, 0.4) is 0 Å². The molecule has 2 fully saturated rings. The van der Waals surface area contributed by atoms with E-state index in [4.69, 9.17) is 9.73 Å². The lowest BCUT2D eigenvalue weighted by molar-refractivity contribution is -0.0502. The number of nitrogens with one attached hydrogen (secondary N) is 1. The van der Waals surface area contributed by atoms with E-state index in [2.05, 4.69) is 39.4 Å². The molecule has 4 rings (SSSR count). The topological polar surface area (TPSA) is 60.3 Å². The number of rotatable bonds is 5. The van der Waals surface area contributed by atoms with E-state index in [9.17, 15) is 9.50 Å². The van der Waals surface area contributed by atoms with E-state index in [1.54, 1.807) is 6.07 Å². The molecule has 0 radical (unpaired) electrons. The molecule has 2 heterocycles. The minimum Gasteiger partial charge on any atom is -0.505 e. The smallest absolute Gasteiger partial charge is 0.194 e. The number of nitrogens with zero attached hydrogens (tertiary/aromatic N) is 3. The van der Waals surface area contributed by atoms with Crippen LogP contribution in [0.5, 0.6) is 5.75 Å². The Balaban J connectivity index is 1.45. The number of hydrogen-bond acceptors (Lipinski definition) is 4. The summed E-state index contributed by atoms with van der Waals surface area (Å²) in [7, 11) is 0. The van der Waals surface area contributed by atoms with E-state index in [-0.39, 0.29) is 11.9 Å². The molecule has 30 heavy (non-hydrogen) atoms. The summed E-state index contributed by atoms with van der Waals surface area (Å²) >= 11 is 0. The first-order valence-electron chi connectivity index (χ1n) is 10.5. The highest BCUT2D eigenvalue weighted by Crippen LogP contribution is 2.25. The molecule has 0 bridgehead atoms. The van der Waals surface area contributed by atoms with Gasteiger partial charge in [-0.1, -0.05) is 36.4 Å². The Hall–Kier alpha value is -2.64. The molecule has 0 amide bonds. The summed E-state index contributed by atoms with van der Waals surface area (Å²) in [6, 6.07) is 15.2. The van der Waals surface area contributed by atoms with E-state index in [0.29, 0.717) is 12.6 Å². The van der Waals surface area contributed by atoms with Gasteiger partial charge in [0.25, 0.3) is 0 Å². The molecule has 0 aromatic heterocycles. The molecular formula is C23H29FN4O2.